The van der Waals surface area contributed by atoms with Gasteiger partial charge in [0.25, 0.3) is 0 Å². The molecule has 0 radical (unpaired) electrons. The fourth-order valence-corrected chi connectivity index (χ4v) is 3.46. The van der Waals surface area contributed by atoms with E-state index in [9.17, 15) is 4.39 Å². The van der Waals surface area contributed by atoms with E-state index in [1.165, 1.54) is 12.1 Å². The minimum absolute atomic E-state index is 0.282. The molecule has 5 nitrogen and oxygen atoms in total. The summed E-state index contributed by atoms with van der Waals surface area (Å²) in [6.45, 7) is 0. The number of aromatic nitrogens is 4. The first-order valence-corrected chi connectivity index (χ1v) is 9.10. The minimum atomic E-state index is -0.282. The molecule has 0 aliphatic heterocycles. The smallest absolute Gasteiger partial charge is 0.123 e. The van der Waals surface area contributed by atoms with E-state index in [0.717, 1.165) is 33.5 Å². The SMILES string of the molecule is Nc1cccnc1-c1ccc2c(-c3ccncc3)c(-c3ccc(F)cc3)nn2c1. The van der Waals surface area contributed by atoms with Gasteiger partial charge in [-0.05, 0) is 66.2 Å². The average molecular weight is 381 g/mol. The lowest BCUT2D eigenvalue weighted by atomic mass is 10.0. The second kappa shape index (κ2) is 6.83. The van der Waals surface area contributed by atoms with Crippen molar-refractivity contribution in [1.29, 1.82) is 0 Å². The van der Waals surface area contributed by atoms with Crippen molar-refractivity contribution in [3.8, 4) is 33.6 Å². The predicted molar refractivity (Wildman–Crippen MR) is 111 cm³/mol. The van der Waals surface area contributed by atoms with E-state index in [-0.39, 0.29) is 5.82 Å². The summed E-state index contributed by atoms with van der Waals surface area (Å²) in [6.07, 6.45) is 7.11. The fourth-order valence-electron chi connectivity index (χ4n) is 3.46. The molecule has 6 heteroatoms. The highest BCUT2D eigenvalue weighted by molar-refractivity contribution is 5.92. The van der Waals surface area contributed by atoms with E-state index in [0.29, 0.717) is 11.4 Å². The summed E-state index contributed by atoms with van der Waals surface area (Å²) >= 11 is 0. The van der Waals surface area contributed by atoms with E-state index in [4.69, 9.17) is 10.8 Å². The van der Waals surface area contributed by atoms with Crippen LogP contribution in [-0.4, -0.2) is 19.6 Å². The molecule has 0 fully saturated rings. The Hall–Kier alpha value is -4.06. The maximum absolute atomic E-state index is 13.5. The molecule has 0 spiro atoms. The molecule has 140 valence electrons. The van der Waals surface area contributed by atoms with Crippen molar-refractivity contribution in [2.45, 2.75) is 0 Å². The molecule has 4 heterocycles. The molecule has 29 heavy (non-hydrogen) atoms. The van der Waals surface area contributed by atoms with Crippen LogP contribution in [0.3, 0.4) is 0 Å². The maximum atomic E-state index is 13.5. The third-order valence-corrected chi connectivity index (χ3v) is 4.83. The highest BCUT2D eigenvalue weighted by Crippen LogP contribution is 2.36. The number of nitrogens with two attached hydrogens (primary N) is 1. The van der Waals surface area contributed by atoms with Gasteiger partial charge in [-0.15, -0.1) is 0 Å². The van der Waals surface area contributed by atoms with Gasteiger partial charge in [0.05, 0.1) is 16.9 Å². The van der Waals surface area contributed by atoms with Crippen LogP contribution in [-0.2, 0) is 0 Å². The Labute approximate surface area is 166 Å². The van der Waals surface area contributed by atoms with Crippen LogP contribution >= 0.6 is 0 Å². The first-order valence-electron chi connectivity index (χ1n) is 9.10. The van der Waals surface area contributed by atoms with Gasteiger partial charge in [-0.1, -0.05) is 0 Å². The summed E-state index contributed by atoms with van der Waals surface area (Å²) in [4.78, 5) is 8.51. The average Bonchev–Trinajstić information content (AvgIpc) is 3.14. The molecule has 5 rings (SSSR count). The zero-order chi connectivity index (χ0) is 19.8. The Balaban J connectivity index is 1.77. The van der Waals surface area contributed by atoms with Crippen LogP contribution in [0.4, 0.5) is 10.1 Å². The molecular weight excluding hydrogens is 365 g/mol. The Bertz CT molecular complexity index is 1310. The molecule has 0 atom stereocenters. The first-order chi connectivity index (χ1) is 14.2. The molecule has 5 aromatic rings. The van der Waals surface area contributed by atoms with Crippen LogP contribution in [0, 0.1) is 5.82 Å². The topological polar surface area (TPSA) is 69.1 Å². The molecule has 0 bridgehead atoms. The first kappa shape index (κ1) is 17.1. The van der Waals surface area contributed by atoms with Crippen molar-refractivity contribution in [3.05, 3.63) is 91.3 Å². The summed E-state index contributed by atoms with van der Waals surface area (Å²) in [7, 11) is 0. The van der Waals surface area contributed by atoms with Gasteiger partial charge in [-0.2, -0.15) is 5.10 Å². The molecule has 4 aromatic heterocycles. The van der Waals surface area contributed by atoms with Crippen molar-refractivity contribution in [2.24, 2.45) is 0 Å². The molecule has 0 unspecified atom stereocenters. The Morgan fingerprint density at radius 1 is 0.759 bits per heavy atom. The third-order valence-electron chi connectivity index (χ3n) is 4.83. The van der Waals surface area contributed by atoms with Crippen molar-refractivity contribution >= 4 is 11.2 Å². The van der Waals surface area contributed by atoms with Gasteiger partial charge < -0.3 is 5.73 Å². The predicted octanol–water partition coefficient (Wildman–Crippen LogP) is 4.85. The van der Waals surface area contributed by atoms with Crippen LogP contribution in [0.1, 0.15) is 0 Å². The number of hydrogen-bond acceptors (Lipinski definition) is 4. The summed E-state index contributed by atoms with van der Waals surface area (Å²) < 4.78 is 15.3. The molecule has 1 aromatic carbocycles. The number of halogens is 1. The lowest BCUT2D eigenvalue weighted by molar-refractivity contribution is 0.628. The number of nitrogens with zero attached hydrogens (tertiary/aromatic N) is 4. The van der Waals surface area contributed by atoms with Crippen LogP contribution in [0.5, 0.6) is 0 Å². The normalized spacial score (nSPS) is 11.1. The number of nitrogen functional groups attached to an aromatic ring is 1. The van der Waals surface area contributed by atoms with E-state index in [1.807, 2.05) is 41.0 Å². The van der Waals surface area contributed by atoms with E-state index in [1.54, 1.807) is 36.8 Å². The van der Waals surface area contributed by atoms with Gasteiger partial charge in [0.2, 0.25) is 0 Å². The van der Waals surface area contributed by atoms with E-state index < -0.39 is 0 Å². The Kier molecular flexibility index (Phi) is 4.02. The molecule has 0 amide bonds. The zero-order valence-corrected chi connectivity index (χ0v) is 15.3. The Morgan fingerprint density at radius 2 is 1.52 bits per heavy atom. The van der Waals surface area contributed by atoms with Gasteiger partial charge in [-0.25, -0.2) is 8.91 Å². The summed E-state index contributed by atoms with van der Waals surface area (Å²) in [5, 5.41) is 4.81. The lowest BCUT2D eigenvalue weighted by Crippen LogP contribution is -1.95. The Morgan fingerprint density at radius 3 is 2.28 bits per heavy atom. The quantitative estimate of drug-likeness (QED) is 0.485. The zero-order valence-electron chi connectivity index (χ0n) is 15.3. The highest BCUT2D eigenvalue weighted by atomic mass is 19.1. The van der Waals surface area contributed by atoms with Gasteiger partial charge in [0.1, 0.15) is 11.5 Å². The number of hydrogen-bond donors (Lipinski definition) is 1. The second-order valence-corrected chi connectivity index (χ2v) is 6.66. The largest absolute Gasteiger partial charge is 0.397 e. The van der Waals surface area contributed by atoms with Crippen molar-refractivity contribution < 1.29 is 4.39 Å². The van der Waals surface area contributed by atoms with Gasteiger partial charge in [0, 0.05) is 41.5 Å². The number of rotatable bonds is 3. The number of anilines is 1. The number of pyridine rings is 3. The van der Waals surface area contributed by atoms with Gasteiger partial charge >= 0.3 is 0 Å². The van der Waals surface area contributed by atoms with Crippen molar-refractivity contribution in [3.63, 3.8) is 0 Å². The van der Waals surface area contributed by atoms with Gasteiger partial charge in [-0.3, -0.25) is 9.97 Å². The van der Waals surface area contributed by atoms with Crippen molar-refractivity contribution in [1.82, 2.24) is 19.6 Å². The number of fused-ring (bicyclic) bond motifs is 1. The van der Waals surface area contributed by atoms with Crippen LogP contribution in [0.25, 0.3) is 39.2 Å². The molecular formula is C23H16FN5. The van der Waals surface area contributed by atoms with Gasteiger partial charge in [0.15, 0.2) is 0 Å². The van der Waals surface area contributed by atoms with E-state index >= 15 is 0 Å². The van der Waals surface area contributed by atoms with E-state index in [2.05, 4.69) is 9.97 Å². The van der Waals surface area contributed by atoms with Crippen LogP contribution in [0.15, 0.2) is 85.5 Å². The lowest BCUT2D eigenvalue weighted by Gasteiger charge is -2.06. The molecule has 0 aliphatic rings. The molecule has 2 N–H and O–H groups in total. The minimum Gasteiger partial charge on any atom is -0.397 e. The molecule has 0 aliphatic carbocycles. The summed E-state index contributed by atoms with van der Waals surface area (Å²) in [5.74, 6) is -0.282. The fraction of sp³-hybridized carbons (Fsp3) is 0. The number of benzene rings is 1. The molecule has 0 saturated heterocycles. The maximum Gasteiger partial charge on any atom is 0.123 e. The third kappa shape index (κ3) is 3.00. The highest BCUT2D eigenvalue weighted by Gasteiger charge is 2.17. The molecule has 0 saturated carbocycles. The summed E-state index contributed by atoms with van der Waals surface area (Å²) in [5.41, 5.74) is 12.7. The second-order valence-electron chi connectivity index (χ2n) is 6.66. The monoisotopic (exact) mass is 381 g/mol. The standard InChI is InChI=1S/C23H16FN5/c24-18-6-3-16(4-7-18)23-21(15-9-12-26-13-10-15)20-8-5-17(14-29(20)28-23)22-19(25)2-1-11-27-22/h1-14H,25H2. The summed E-state index contributed by atoms with van der Waals surface area (Å²) in [6, 6.07) is 17.8. The van der Waals surface area contributed by atoms with Crippen molar-refractivity contribution in [2.75, 3.05) is 5.73 Å². The van der Waals surface area contributed by atoms with Crippen LogP contribution in [0.2, 0.25) is 0 Å². The van der Waals surface area contributed by atoms with Crippen LogP contribution < -0.4 is 5.73 Å².